The molecule has 0 unspecified atom stereocenters. The number of hydrogen-bond acceptors (Lipinski definition) is 3. The fraction of sp³-hybridized carbons (Fsp3) is 0. The number of nitriles is 1. The van der Waals surface area contributed by atoms with E-state index in [1.807, 2.05) is 6.07 Å². The van der Waals surface area contributed by atoms with Gasteiger partial charge in [0.2, 0.25) is 0 Å². The quantitative estimate of drug-likeness (QED) is 0.830. The van der Waals surface area contributed by atoms with E-state index in [-0.39, 0.29) is 5.91 Å². The van der Waals surface area contributed by atoms with Gasteiger partial charge in [0.15, 0.2) is 0 Å². The number of nitrogens with one attached hydrogen (secondary N) is 1. The van der Waals surface area contributed by atoms with Gasteiger partial charge in [-0.05, 0) is 36.4 Å². The molecule has 20 heavy (non-hydrogen) atoms. The Morgan fingerprint density at radius 1 is 1.15 bits per heavy atom. The molecule has 4 nitrogen and oxygen atoms in total. The minimum atomic E-state index is -0.348. The number of halogens is 2. The van der Waals surface area contributed by atoms with E-state index in [9.17, 15) is 4.79 Å². The molecule has 2 rings (SSSR count). The third kappa shape index (κ3) is 3.02. The Kier molecular flexibility index (Phi) is 4.14. The van der Waals surface area contributed by atoms with Gasteiger partial charge < -0.3 is 11.1 Å². The van der Waals surface area contributed by atoms with Crippen molar-refractivity contribution in [1.82, 2.24) is 0 Å². The summed E-state index contributed by atoms with van der Waals surface area (Å²) in [5.41, 5.74) is 7.12. The predicted octanol–water partition coefficient (Wildman–Crippen LogP) is 3.70. The highest BCUT2D eigenvalue weighted by Gasteiger charge is 2.09. The first-order chi connectivity index (χ1) is 9.51. The summed E-state index contributed by atoms with van der Waals surface area (Å²) in [5, 5.41) is 12.3. The van der Waals surface area contributed by atoms with Gasteiger partial charge in [0.25, 0.3) is 5.91 Å². The second-order valence-corrected chi connectivity index (χ2v) is 4.81. The van der Waals surface area contributed by atoms with E-state index in [0.717, 1.165) is 0 Å². The Morgan fingerprint density at radius 2 is 1.85 bits per heavy atom. The molecule has 0 saturated carbocycles. The number of anilines is 2. The summed E-state index contributed by atoms with van der Waals surface area (Å²) in [7, 11) is 0. The van der Waals surface area contributed by atoms with E-state index >= 15 is 0 Å². The molecule has 0 atom stereocenters. The van der Waals surface area contributed by atoms with E-state index in [4.69, 9.17) is 34.2 Å². The Hall–Kier alpha value is -2.22. The fourth-order valence-corrected chi connectivity index (χ4v) is 1.85. The summed E-state index contributed by atoms with van der Waals surface area (Å²) in [6.07, 6.45) is 0. The number of carbonyl (C=O) groups is 1. The minimum absolute atomic E-state index is 0.292. The van der Waals surface area contributed by atoms with Gasteiger partial charge in [0, 0.05) is 11.3 Å². The largest absolute Gasteiger partial charge is 0.398 e. The Morgan fingerprint density at radius 3 is 2.50 bits per heavy atom. The van der Waals surface area contributed by atoms with Gasteiger partial charge in [0.05, 0.1) is 21.3 Å². The van der Waals surface area contributed by atoms with Gasteiger partial charge in [0.1, 0.15) is 6.07 Å². The smallest absolute Gasteiger partial charge is 0.255 e. The summed E-state index contributed by atoms with van der Waals surface area (Å²) >= 11 is 11.6. The summed E-state index contributed by atoms with van der Waals surface area (Å²) in [6.45, 7) is 0. The maximum atomic E-state index is 12.0. The average Bonchev–Trinajstić information content (AvgIpc) is 2.43. The zero-order valence-electron chi connectivity index (χ0n) is 10.2. The fourth-order valence-electron chi connectivity index (χ4n) is 1.58. The van der Waals surface area contributed by atoms with E-state index in [1.54, 1.807) is 24.3 Å². The van der Waals surface area contributed by atoms with Crippen LogP contribution < -0.4 is 11.1 Å². The van der Waals surface area contributed by atoms with Crippen LogP contribution in [0.2, 0.25) is 10.0 Å². The van der Waals surface area contributed by atoms with Crippen LogP contribution in [-0.2, 0) is 0 Å². The lowest BCUT2D eigenvalue weighted by molar-refractivity contribution is 0.102. The van der Waals surface area contributed by atoms with E-state index in [2.05, 4.69) is 5.32 Å². The van der Waals surface area contributed by atoms with Crippen molar-refractivity contribution < 1.29 is 4.79 Å². The van der Waals surface area contributed by atoms with Crippen molar-refractivity contribution in [2.75, 3.05) is 11.1 Å². The summed E-state index contributed by atoms with van der Waals surface area (Å²) in [6, 6.07) is 11.2. The molecule has 0 aliphatic rings. The van der Waals surface area contributed by atoms with E-state index in [1.165, 1.54) is 12.1 Å². The van der Waals surface area contributed by atoms with Gasteiger partial charge in [-0.2, -0.15) is 5.26 Å². The lowest BCUT2D eigenvalue weighted by Crippen LogP contribution is -2.12. The number of nitrogens with zero attached hydrogens (tertiary/aromatic N) is 1. The third-order valence-corrected chi connectivity index (χ3v) is 3.28. The molecule has 0 aliphatic carbocycles. The topological polar surface area (TPSA) is 78.9 Å². The normalized spacial score (nSPS) is 9.85. The van der Waals surface area contributed by atoms with Gasteiger partial charge in [-0.1, -0.05) is 23.2 Å². The van der Waals surface area contributed by atoms with Crippen LogP contribution in [0.3, 0.4) is 0 Å². The molecule has 2 aromatic carbocycles. The van der Waals surface area contributed by atoms with Crippen LogP contribution >= 0.6 is 23.2 Å². The lowest BCUT2D eigenvalue weighted by Gasteiger charge is -2.07. The van der Waals surface area contributed by atoms with Crippen LogP contribution in [0.5, 0.6) is 0 Å². The van der Waals surface area contributed by atoms with Crippen molar-refractivity contribution in [2.24, 2.45) is 0 Å². The highest BCUT2D eigenvalue weighted by atomic mass is 35.5. The molecule has 0 heterocycles. The highest BCUT2D eigenvalue weighted by molar-refractivity contribution is 6.33. The monoisotopic (exact) mass is 305 g/mol. The van der Waals surface area contributed by atoms with Gasteiger partial charge in [-0.15, -0.1) is 0 Å². The molecule has 0 bridgehead atoms. The Labute approximate surface area is 125 Å². The predicted molar refractivity (Wildman–Crippen MR) is 80.0 cm³/mol. The molecular formula is C14H9Cl2N3O. The number of carbonyl (C=O) groups excluding carboxylic acids is 1. The maximum absolute atomic E-state index is 12.0. The van der Waals surface area contributed by atoms with Gasteiger partial charge in [-0.25, -0.2) is 0 Å². The SMILES string of the molecule is N#Cc1cc(NC(=O)c2ccc(Cl)c(N)c2)ccc1Cl. The van der Waals surface area contributed by atoms with Crippen LogP contribution in [0.25, 0.3) is 0 Å². The van der Waals surface area contributed by atoms with Crippen LogP contribution in [0.1, 0.15) is 15.9 Å². The zero-order valence-corrected chi connectivity index (χ0v) is 11.7. The summed E-state index contributed by atoms with van der Waals surface area (Å²) in [5.74, 6) is -0.348. The van der Waals surface area contributed by atoms with Crippen molar-refractivity contribution in [3.8, 4) is 6.07 Å². The molecule has 6 heteroatoms. The first kappa shape index (κ1) is 14.2. The zero-order chi connectivity index (χ0) is 14.7. The number of nitrogen functional groups attached to an aromatic ring is 1. The van der Waals surface area contributed by atoms with Crippen molar-refractivity contribution in [3.05, 3.63) is 57.6 Å². The first-order valence-electron chi connectivity index (χ1n) is 5.57. The molecule has 0 spiro atoms. The van der Waals surface area contributed by atoms with Gasteiger partial charge >= 0.3 is 0 Å². The van der Waals surface area contributed by atoms with Crippen molar-refractivity contribution >= 4 is 40.5 Å². The average molecular weight is 306 g/mol. The van der Waals surface area contributed by atoms with Crippen LogP contribution in [0.4, 0.5) is 11.4 Å². The second kappa shape index (κ2) is 5.83. The van der Waals surface area contributed by atoms with E-state index in [0.29, 0.717) is 32.5 Å². The molecule has 0 radical (unpaired) electrons. The molecule has 100 valence electrons. The first-order valence-corrected chi connectivity index (χ1v) is 6.33. The Bertz CT molecular complexity index is 723. The Balaban J connectivity index is 2.23. The molecule has 1 amide bonds. The minimum Gasteiger partial charge on any atom is -0.398 e. The highest BCUT2D eigenvalue weighted by Crippen LogP contribution is 2.22. The molecule has 3 N–H and O–H groups in total. The van der Waals surface area contributed by atoms with E-state index < -0.39 is 0 Å². The molecule has 0 aliphatic heterocycles. The number of rotatable bonds is 2. The standard InChI is InChI=1S/C14H9Cl2N3O/c15-11-4-2-10(5-9(11)7-17)19-14(20)8-1-3-12(16)13(18)6-8/h1-6H,18H2,(H,19,20). The maximum Gasteiger partial charge on any atom is 0.255 e. The van der Waals surface area contributed by atoms with Crippen molar-refractivity contribution in [3.63, 3.8) is 0 Å². The number of hydrogen-bond donors (Lipinski definition) is 2. The van der Waals surface area contributed by atoms with Crippen LogP contribution in [0.15, 0.2) is 36.4 Å². The lowest BCUT2D eigenvalue weighted by atomic mass is 10.1. The second-order valence-electron chi connectivity index (χ2n) is 4.00. The number of amides is 1. The van der Waals surface area contributed by atoms with Crippen molar-refractivity contribution in [1.29, 1.82) is 5.26 Å². The molecule has 2 aromatic rings. The summed E-state index contributed by atoms with van der Waals surface area (Å²) in [4.78, 5) is 12.0. The molecular weight excluding hydrogens is 297 g/mol. The molecule has 0 saturated heterocycles. The third-order valence-electron chi connectivity index (χ3n) is 2.60. The van der Waals surface area contributed by atoms with Crippen LogP contribution in [-0.4, -0.2) is 5.91 Å². The van der Waals surface area contributed by atoms with Gasteiger partial charge in [-0.3, -0.25) is 4.79 Å². The molecule has 0 fully saturated rings. The number of nitrogens with two attached hydrogens (primary N) is 1. The molecule has 0 aromatic heterocycles. The summed E-state index contributed by atoms with van der Waals surface area (Å²) < 4.78 is 0. The van der Waals surface area contributed by atoms with Crippen molar-refractivity contribution in [2.45, 2.75) is 0 Å². The number of benzene rings is 2. The van der Waals surface area contributed by atoms with Crippen LogP contribution in [0, 0.1) is 11.3 Å².